The molecule has 2 aliphatic heterocycles. The van der Waals surface area contributed by atoms with Gasteiger partial charge in [-0.25, -0.2) is 0 Å². The minimum atomic E-state index is -0.112. The molecule has 6 nitrogen and oxygen atoms in total. The Balaban J connectivity index is 1.44. The van der Waals surface area contributed by atoms with Gasteiger partial charge in [0.05, 0.1) is 11.1 Å². The SMILES string of the molecule is O=C1C(=Cc2ccncc2)Oc2c1ccc1c2CN(Cc2cccnc2)CO1. The van der Waals surface area contributed by atoms with Gasteiger partial charge in [0, 0.05) is 37.9 Å². The minimum Gasteiger partial charge on any atom is -0.478 e. The molecule has 0 radical (unpaired) electrons. The number of ether oxygens (including phenoxy) is 2. The van der Waals surface area contributed by atoms with Crippen LogP contribution in [0.3, 0.4) is 0 Å². The number of hydrogen-bond donors (Lipinski definition) is 0. The van der Waals surface area contributed by atoms with Gasteiger partial charge >= 0.3 is 0 Å². The van der Waals surface area contributed by atoms with Gasteiger partial charge in [0.15, 0.2) is 5.76 Å². The number of ketones is 1. The lowest BCUT2D eigenvalue weighted by Gasteiger charge is -2.29. The number of nitrogens with zero attached hydrogens (tertiary/aromatic N) is 3. The van der Waals surface area contributed by atoms with Crippen molar-refractivity contribution in [2.45, 2.75) is 13.1 Å². The minimum absolute atomic E-state index is 0.112. The van der Waals surface area contributed by atoms with Crippen molar-refractivity contribution in [1.29, 1.82) is 0 Å². The summed E-state index contributed by atoms with van der Waals surface area (Å²) in [5.41, 5.74) is 3.46. The smallest absolute Gasteiger partial charge is 0.231 e. The van der Waals surface area contributed by atoms with Crippen LogP contribution in [0.25, 0.3) is 6.08 Å². The van der Waals surface area contributed by atoms with Gasteiger partial charge in [-0.3, -0.25) is 19.7 Å². The van der Waals surface area contributed by atoms with Gasteiger partial charge in [-0.2, -0.15) is 0 Å². The Bertz CT molecular complexity index is 1070. The Kier molecular flexibility index (Phi) is 4.10. The zero-order chi connectivity index (χ0) is 18.9. The predicted molar refractivity (Wildman–Crippen MR) is 103 cm³/mol. The molecule has 0 atom stereocenters. The highest BCUT2D eigenvalue weighted by Gasteiger charge is 2.33. The van der Waals surface area contributed by atoms with Crippen LogP contribution in [0.15, 0.2) is 66.9 Å². The van der Waals surface area contributed by atoms with Crippen molar-refractivity contribution in [2.24, 2.45) is 0 Å². The molecule has 5 rings (SSSR count). The summed E-state index contributed by atoms with van der Waals surface area (Å²) >= 11 is 0. The Morgan fingerprint density at radius 2 is 1.96 bits per heavy atom. The lowest BCUT2D eigenvalue weighted by atomic mass is 10.0. The molecular formula is C22H17N3O3. The molecule has 2 aliphatic rings. The summed E-state index contributed by atoms with van der Waals surface area (Å²) in [6.07, 6.45) is 8.72. The maximum absolute atomic E-state index is 12.8. The standard InChI is InChI=1S/C22H17N3O3/c26-21-17-3-4-19-18(13-25(14-27-19)12-16-2-1-7-24-11-16)22(17)28-20(21)10-15-5-8-23-9-6-15/h1-11H,12-14H2. The quantitative estimate of drug-likeness (QED) is 0.657. The van der Waals surface area contributed by atoms with Crippen molar-refractivity contribution in [3.8, 4) is 11.5 Å². The third-order valence-corrected chi connectivity index (χ3v) is 4.82. The zero-order valence-electron chi connectivity index (χ0n) is 15.0. The molecule has 0 amide bonds. The van der Waals surface area contributed by atoms with Gasteiger partial charge in [0.2, 0.25) is 5.78 Å². The molecular weight excluding hydrogens is 354 g/mol. The molecule has 4 heterocycles. The van der Waals surface area contributed by atoms with Crippen molar-refractivity contribution in [2.75, 3.05) is 6.73 Å². The summed E-state index contributed by atoms with van der Waals surface area (Å²) in [4.78, 5) is 23.1. The van der Waals surface area contributed by atoms with Crippen LogP contribution >= 0.6 is 0 Å². The van der Waals surface area contributed by atoms with Crippen molar-refractivity contribution >= 4 is 11.9 Å². The molecule has 0 saturated carbocycles. The number of rotatable bonds is 3. The molecule has 0 unspecified atom stereocenters. The molecule has 0 saturated heterocycles. The highest BCUT2D eigenvalue weighted by Crippen LogP contribution is 2.42. The van der Waals surface area contributed by atoms with Crippen LogP contribution in [0.4, 0.5) is 0 Å². The van der Waals surface area contributed by atoms with E-state index in [0.29, 0.717) is 36.9 Å². The molecule has 0 fully saturated rings. The highest BCUT2D eigenvalue weighted by molar-refractivity contribution is 6.15. The maximum atomic E-state index is 12.8. The second-order valence-corrected chi connectivity index (χ2v) is 6.76. The number of fused-ring (bicyclic) bond motifs is 3. The number of allylic oxidation sites excluding steroid dienone is 1. The summed E-state index contributed by atoms with van der Waals surface area (Å²) in [6.45, 7) is 1.84. The Hall–Kier alpha value is -3.51. The van der Waals surface area contributed by atoms with Crippen LogP contribution in [0, 0.1) is 0 Å². The van der Waals surface area contributed by atoms with Crippen molar-refractivity contribution in [1.82, 2.24) is 14.9 Å². The van der Waals surface area contributed by atoms with E-state index in [9.17, 15) is 4.79 Å². The largest absolute Gasteiger partial charge is 0.478 e. The average Bonchev–Trinajstić information content (AvgIpc) is 3.05. The monoisotopic (exact) mass is 371 g/mol. The molecule has 0 spiro atoms. The fourth-order valence-corrected chi connectivity index (χ4v) is 3.47. The van der Waals surface area contributed by atoms with Crippen molar-refractivity contribution < 1.29 is 14.3 Å². The van der Waals surface area contributed by atoms with Crippen molar-refractivity contribution in [3.63, 3.8) is 0 Å². The number of carbonyl (C=O) groups is 1. The van der Waals surface area contributed by atoms with E-state index in [2.05, 4.69) is 14.9 Å². The van der Waals surface area contributed by atoms with E-state index in [1.807, 2.05) is 36.5 Å². The summed E-state index contributed by atoms with van der Waals surface area (Å²) < 4.78 is 11.9. The van der Waals surface area contributed by atoms with Gasteiger partial charge in [-0.15, -0.1) is 0 Å². The Morgan fingerprint density at radius 3 is 2.79 bits per heavy atom. The first kappa shape index (κ1) is 16.6. The van der Waals surface area contributed by atoms with Crippen LogP contribution in [-0.2, 0) is 13.1 Å². The van der Waals surface area contributed by atoms with Gasteiger partial charge in [0.25, 0.3) is 0 Å². The van der Waals surface area contributed by atoms with E-state index < -0.39 is 0 Å². The first-order valence-electron chi connectivity index (χ1n) is 9.02. The third kappa shape index (κ3) is 3.04. The molecule has 0 N–H and O–H groups in total. The van der Waals surface area contributed by atoms with Crippen LogP contribution in [0.5, 0.6) is 11.5 Å². The first-order chi connectivity index (χ1) is 13.8. The lowest BCUT2D eigenvalue weighted by Crippen LogP contribution is -2.31. The Labute approximate surface area is 162 Å². The lowest BCUT2D eigenvalue weighted by molar-refractivity contribution is 0.0872. The predicted octanol–water partition coefficient (Wildman–Crippen LogP) is 3.44. The van der Waals surface area contributed by atoms with Gasteiger partial charge in [-0.05, 0) is 47.5 Å². The fourth-order valence-electron chi connectivity index (χ4n) is 3.47. The average molecular weight is 371 g/mol. The fraction of sp³-hybridized carbons (Fsp3) is 0.136. The number of hydrogen-bond acceptors (Lipinski definition) is 6. The van der Waals surface area contributed by atoms with Gasteiger partial charge in [-0.1, -0.05) is 6.07 Å². The van der Waals surface area contributed by atoms with Gasteiger partial charge < -0.3 is 9.47 Å². The zero-order valence-corrected chi connectivity index (χ0v) is 15.0. The molecule has 0 aliphatic carbocycles. The van der Waals surface area contributed by atoms with Crippen LogP contribution in [-0.4, -0.2) is 27.4 Å². The van der Waals surface area contributed by atoms with Crippen molar-refractivity contribution in [3.05, 3.63) is 89.2 Å². The second-order valence-electron chi connectivity index (χ2n) is 6.76. The van der Waals surface area contributed by atoms with Crippen LogP contribution < -0.4 is 9.47 Å². The maximum Gasteiger partial charge on any atom is 0.231 e. The molecule has 1 aromatic carbocycles. The molecule has 0 bridgehead atoms. The highest BCUT2D eigenvalue weighted by atomic mass is 16.5. The normalized spacial score (nSPS) is 17.0. The number of carbonyl (C=O) groups excluding carboxylic acids is 1. The van der Waals surface area contributed by atoms with Crippen LogP contribution in [0.1, 0.15) is 27.0 Å². The molecule has 28 heavy (non-hydrogen) atoms. The number of pyridine rings is 2. The molecule has 2 aromatic heterocycles. The number of aromatic nitrogens is 2. The summed E-state index contributed by atoms with van der Waals surface area (Å²) in [6, 6.07) is 11.3. The van der Waals surface area contributed by atoms with Crippen LogP contribution in [0.2, 0.25) is 0 Å². The number of Topliss-reactive ketones (excluding diaryl/α,β-unsaturated/α-hetero) is 1. The molecule has 6 heteroatoms. The van der Waals surface area contributed by atoms with E-state index in [-0.39, 0.29) is 5.78 Å². The third-order valence-electron chi connectivity index (χ3n) is 4.82. The van der Waals surface area contributed by atoms with E-state index in [1.165, 1.54) is 0 Å². The topological polar surface area (TPSA) is 64.5 Å². The molecule has 3 aromatic rings. The van der Waals surface area contributed by atoms with E-state index >= 15 is 0 Å². The van der Waals surface area contributed by atoms with Gasteiger partial charge in [0.1, 0.15) is 18.2 Å². The van der Waals surface area contributed by atoms with E-state index in [4.69, 9.17) is 9.47 Å². The number of benzene rings is 1. The summed E-state index contributed by atoms with van der Waals surface area (Å²) in [7, 11) is 0. The second kappa shape index (κ2) is 6.90. The summed E-state index contributed by atoms with van der Waals surface area (Å²) in [5, 5.41) is 0. The summed E-state index contributed by atoms with van der Waals surface area (Å²) in [5.74, 6) is 1.57. The Morgan fingerprint density at radius 1 is 1.07 bits per heavy atom. The first-order valence-corrected chi connectivity index (χ1v) is 9.02. The molecule has 138 valence electrons. The van der Waals surface area contributed by atoms with E-state index in [0.717, 1.165) is 22.4 Å². The van der Waals surface area contributed by atoms with E-state index in [1.54, 1.807) is 30.7 Å².